The molecule has 1 aliphatic rings. The van der Waals surface area contributed by atoms with Crippen molar-refractivity contribution in [1.82, 2.24) is 4.98 Å². The van der Waals surface area contributed by atoms with Crippen LogP contribution in [0.1, 0.15) is 48.0 Å². The third-order valence-corrected chi connectivity index (χ3v) is 5.51. The first-order valence-corrected chi connectivity index (χ1v) is 9.56. The fraction of sp³-hybridized carbons (Fsp3) is 0.364. The summed E-state index contributed by atoms with van der Waals surface area (Å²) in [4.78, 5) is 20.2. The summed E-state index contributed by atoms with van der Waals surface area (Å²) < 4.78 is 65.5. The predicted octanol–water partition coefficient (Wildman–Crippen LogP) is 3.67. The molecule has 0 radical (unpaired) electrons. The molecule has 6 nitrogen and oxygen atoms in total. The largest absolute Gasteiger partial charge is 0.385 e. The first kappa shape index (κ1) is 23.3. The van der Waals surface area contributed by atoms with Crippen molar-refractivity contribution in [2.75, 3.05) is 6.61 Å². The van der Waals surface area contributed by atoms with Crippen molar-refractivity contribution >= 4 is 11.6 Å². The number of carbonyl (C=O) groups excluding carboxylic acids is 1. The molecule has 2 N–H and O–H groups in total. The van der Waals surface area contributed by atoms with Crippen molar-refractivity contribution in [1.29, 1.82) is 5.26 Å². The van der Waals surface area contributed by atoms with Gasteiger partial charge < -0.3 is 10.5 Å². The van der Waals surface area contributed by atoms with Crippen LogP contribution >= 0.6 is 0 Å². The number of Topliss-reactive ketones (excluding diaryl/α,β-unsaturated/α-hetero) is 1. The molecule has 1 aromatic heterocycles. The molecular weight excluding hydrogens is 428 g/mol. The number of alkyl halides is 2. The molecule has 10 heteroatoms. The molecule has 0 saturated carbocycles. The Hall–Kier alpha value is -3.32. The van der Waals surface area contributed by atoms with Gasteiger partial charge in [-0.3, -0.25) is 14.8 Å². The molecule has 0 unspecified atom stereocenters. The van der Waals surface area contributed by atoms with Crippen molar-refractivity contribution in [3.8, 4) is 6.07 Å². The average molecular weight is 448 g/mol. The molecular formula is C22H20F4N4O2. The van der Waals surface area contributed by atoms with E-state index < -0.39 is 53.1 Å². The van der Waals surface area contributed by atoms with Crippen LogP contribution in [0.25, 0.3) is 0 Å². The van der Waals surface area contributed by atoms with Crippen LogP contribution in [0.2, 0.25) is 0 Å². The molecule has 168 valence electrons. The molecule has 1 aliphatic heterocycles. The van der Waals surface area contributed by atoms with E-state index in [1.54, 1.807) is 0 Å². The Morgan fingerprint density at radius 1 is 1.22 bits per heavy atom. The molecule has 2 heterocycles. The maximum absolute atomic E-state index is 15.5. The minimum Gasteiger partial charge on any atom is -0.385 e. The quantitative estimate of drug-likeness (QED) is 0.568. The number of nitriles is 1. The van der Waals surface area contributed by atoms with E-state index in [4.69, 9.17) is 15.7 Å². The lowest BCUT2D eigenvalue weighted by molar-refractivity contribution is -0.214. The highest BCUT2D eigenvalue weighted by Crippen LogP contribution is 2.50. The Labute approximate surface area is 181 Å². The molecule has 1 atom stereocenters. The summed E-state index contributed by atoms with van der Waals surface area (Å²) >= 11 is 0. The number of aliphatic imine (C=N–C) groups is 1. The Balaban J connectivity index is 2.08. The van der Waals surface area contributed by atoms with Gasteiger partial charge >= 0.3 is 5.92 Å². The number of carbonyl (C=O) groups is 1. The highest BCUT2D eigenvalue weighted by Gasteiger charge is 2.64. The molecule has 0 aliphatic carbocycles. The zero-order valence-corrected chi connectivity index (χ0v) is 17.5. The van der Waals surface area contributed by atoms with Crippen LogP contribution in [-0.4, -0.2) is 34.7 Å². The Morgan fingerprint density at radius 3 is 2.50 bits per heavy atom. The molecule has 32 heavy (non-hydrogen) atoms. The summed E-state index contributed by atoms with van der Waals surface area (Å²) in [6, 6.07) is 5.80. The molecule has 0 fully saturated rings. The van der Waals surface area contributed by atoms with Gasteiger partial charge in [0.1, 0.15) is 41.4 Å². The fourth-order valence-electron chi connectivity index (χ4n) is 3.54. The third-order valence-electron chi connectivity index (χ3n) is 5.51. The standard InChI is InChI=1S/C22H20F4N4O2/c1-20(2)22(25,26)21(3,30-19(28)11-32-20)14-6-13(15(23)8-16(14)24)7-18(31)17-5-4-12(9-27)10-29-17/h4-6,8,10H,7,11H2,1-3H3,(H2,28,30)/t21-/m1/s1. The minimum atomic E-state index is -3.75. The number of halogens is 4. The normalized spacial score (nSPS) is 21.9. The molecule has 0 spiro atoms. The second-order valence-corrected chi connectivity index (χ2v) is 8.12. The van der Waals surface area contributed by atoms with Gasteiger partial charge in [0.05, 0.1) is 5.56 Å². The van der Waals surface area contributed by atoms with E-state index in [2.05, 4.69) is 9.98 Å². The number of rotatable bonds is 4. The van der Waals surface area contributed by atoms with Gasteiger partial charge in [-0.25, -0.2) is 17.6 Å². The smallest absolute Gasteiger partial charge is 0.304 e. The van der Waals surface area contributed by atoms with Gasteiger partial charge in [-0.05, 0) is 44.5 Å². The SMILES string of the molecule is CC1(C)OCC(N)=N[C@](C)(c2cc(CC(=O)c3ccc(C#N)cn3)c(F)cc2F)C1(F)F. The number of benzene rings is 1. The van der Waals surface area contributed by atoms with Crippen LogP contribution in [0.4, 0.5) is 17.6 Å². The first-order valence-electron chi connectivity index (χ1n) is 9.56. The van der Waals surface area contributed by atoms with E-state index in [1.165, 1.54) is 18.3 Å². The maximum Gasteiger partial charge on any atom is 0.304 e. The maximum atomic E-state index is 15.5. The number of aromatic nitrogens is 1. The van der Waals surface area contributed by atoms with Crippen molar-refractivity contribution in [2.24, 2.45) is 10.7 Å². The molecule has 3 rings (SSSR count). The summed E-state index contributed by atoms with van der Waals surface area (Å²) in [5.74, 6) is -7.01. The summed E-state index contributed by atoms with van der Waals surface area (Å²) in [6.07, 6.45) is 0.602. The van der Waals surface area contributed by atoms with Crippen molar-refractivity contribution in [3.05, 3.63) is 64.5 Å². The Morgan fingerprint density at radius 2 is 1.91 bits per heavy atom. The van der Waals surface area contributed by atoms with Gasteiger partial charge in [-0.1, -0.05) is 0 Å². The molecule has 0 amide bonds. The van der Waals surface area contributed by atoms with Crippen molar-refractivity contribution in [2.45, 2.75) is 44.3 Å². The van der Waals surface area contributed by atoms with Gasteiger partial charge in [0, 0.05) is 24.2 Å². The topological polar surface area (TPSA) is 101 Å². The van der Waals surface area contributed by atoms with Crippen LogP contribution in [0.3, 0.4) is 0 Å². The number of hydrogen-bond acceptors (Lipinski definition) is 6. The zero-order valence-electron chi connectivity index (χ0n) is 17.5. The first-order chi connectivity index (χ1) is 14.8. The monoisotopic (exact) mass is 448 g/mol. The number of hydrogen-bond donors (Lipinski definition) is 1. The number of amidine groups is 1. The van der Waals surface area contributed by atoms with E-state index in [-0.39, 0.29) is 22.7 Å². The summed E-state index contributed by atoms with van der Waals surface area (Å²) in [5, 5.41) is 8.81. The van der Waals surface area contributed by atoms with Crippen LogP contribution in [0.15, 0.2) is 35.5 Å². The van der Waals surface area contributed by atoms with Crippen LogP contribution < -0.4 is 5.73 Å². The molecule has 0 saturated heterocycles. The van der Waals surface area contributed by atoms with Gasteiger partial charge in [-0.2, -0.15) is 5.26 Å². The Kier molecular flexibility index (Phi) is 5.82. The molecule has 0 bridgehead atoms. The zero-order chi connectivity index (χ0) is 23.9. The van der Waals surface area contributed by atoms with Crippen LogP contribution in [0.5, 0.6) is 0 Å². The average Bonchev–Trinajstić information content (AvgIpc) is 2.79. The van der Waals surface area contributed by atoms with Crippen LogP contribution in [0, 0.1) is 23.0 Å². The van der Waals surface area contributed by atoms with E-state index in [0.29, 0.717) is 6.07 Å². The summed E-state index contributed by atoms with van der Waals surface area (Å²) in [5.41, 5.74) is 0.323. The third kappa shape index (κ3) is 3.84. The van der Waals surface area contributed by atoms with E-state index in [0.717, 1.165) is 26.8 Å². The van der Waals surface area contributed by atoms with Crippen molar-refractivity contribution < 1.29 is 27.1 Å². The lowest BCUT2D eigenvalue weighted by Crippen LogP contribution is -2.56. The Bertz CT molecular complexity index is 1140. The molecule has 1 aromatic carbocycles. The van der Waals surface area contributed by atoms with Crippen LogP contribution in [-0.2, 0) is 16.7 Å². The predicted molar refractivity (Wildman–Crippen MR) is 107 cm³/mol. The second kappa shape index (κ2) is 7.98. The number of nitrogens with zero attached hydrogens (tertiary/aromatic N) is 3. The number of ether oxygens (including phenoxy) is 1. The van der Waals surface area contributed by atoms with E-state index >= 15 is 8.78 Å². The fourth-order valence-corrected chi connectivity index (χ4v) is 3.54. The highest BCUT2D eigenvalue weighted by molar-refractivity contribution is 5.95. The highest BCUT2D eigenvalue weighted by atomic mass is 19.3. The lowest BCUT2D eigenvalue weighted by Gasteiger charge is -2.42. The number of ketones is 1. The minimum absolute atomic E-state index is 0.0583. The van der Waals surface area contributed by atoms with E-state index in [9.17, 15) is 13.6 Å². The number of nitrogens with two attached hydrogens (primary N) is 1. The van der Waals surface area contributed by atoms with Gasteiger partial charge in [0.15, 0.2) is 11.3 Å². The lowest BCUT2D eigenvalue weighted by atomic mass is 9.77. The summed E-state index contributed by atoms with van der Waals surface area (Å²) in [7, 11) is 0. The van der Waals surface area contributed by atoms with Crippen molar-refractivity contribution in [3.63, 3.8) is 0 Å². The molecule has 2 aromatic rings. The van der Waals surface area contributed by atoms with Gasteiger partial charge in [0.2, 0.25) is 0 Å². The number of pyridine rings is 1. The summed E-state index contributed by atoms with van der Waals surface area (Å²) in [6.45, 7) is 2.85. The van der Waals surface area contributed by atoms with Gasteiger partial charge in [0.25, 0.3) is 0 Å². The van der Waals surface area contributed by atoms with E-state index in [1.807, 2.05) is 6.07 Å². The second-order valence-electron chi connectivity index (χ2n) is 8.12. The van der Waals surface area contributed by atoms with Gasteiger partial charge in [-0.15, -0.1) is 0 Å².